The molecule has 114 valence electrons. The molecule has 0 saturated carbocycles. The highest BCUT2D eigenvalue weighted by atomic mass is 35.5. The Bertz CT molecular complexity index is 883. The third-order valence-electron chi connectivity index (χ3n) is 4.76. The fraction of sp³-hybridized carbons (Fsp3) is 0.190. The zero-order valence-electron chi connectivity index (χ0n) is 12.9. The van der Waals surface area contributed by atoms with Crippen LogP contribution in [0.4, 0.5) is 0 Å². The molecule has 0 radical (unpaired) electrons. The van der Waals surface area contributed by atoms with E-state index in [9.17, 15) is 0 Å². The van der Waals surface area contributed by atoms with Crippen LogP contribution < -0.4 is 0 Å². The van der Waals surface area contributed by atoms with Crippen molar-refractivity contribution in [3.05, 3.63) is 82.5 Å². The number of aromatic nitrogens is 1. The summed E-state index contributed by atoms with van der Waals surface area (Å²) < 4.78 is 0. The van der Waals surface area contributed by atoms with Crippen LogP contribution in [0.3, 0.4) is 0 Å². The van der Waals surface area contributed by atoms with E-state index in [-0.39, 0.29) is 0 Å². The Morgan fingerprint density at radius 1 is 1.13 bits per heavy atom. The molecule has 1 aromatic heterocycles. The molecule has 1 nitrogen and oxygen atoms in total. The van der Waals surface area contributed by atoms with E-state index >= 15 is 0 Å². The molecule has 0 spiro atoms. The third-order valence-corrected chi connectivity index (χ3v) is 5.19. The molecular formula is C21H18ClN. The highest BCUT2D eigenvalue weighted by molar-refractivity contribution is 6.36. The van der Waals surface area contributed by atoms with Gasteiger partial charge in [0, 0.05) is 11.3 Å². The summed E-state index contributed by atoms with van der Waals surface area (Å²) in [5.74, 6) is 0.342. The largest absolute Gasteiger partial charge is 0.252 e. The first-order valence-corrected chi connectivity index (χ1v) is 8.45. The topological polar surface area (TPSA) is 12.9 Å². The SMILES string of the molecule is C=Cc1ccc2c(Cl)c3c(nc2c1)C(c1ccccc1)CCC3. The Morgan fingerprint density at radius 3 is 2.74 bits per heavy atom. The maximum Gasteiger partial charge on any atom is 0.0726 e. The van der Waals surface area contributed by atoms with Gasteiger partial charge in [0.25, 0.3) is 0 Å². The Balaban J connectivity index is 1.95. The molecule has 0 amide bonds. The van der Waals surface area contributed by atoms with Gasteiger partial charge in [0.05, 0.1) is 16.2 Å². The molecule has 0 saturated heterocycles. The Kier molecular flexibility index (Phi) is 3.66. The summed E-state index contributed by atoms with van der Waals surface area (Å²) >= 11 is 6.74. The average Bonchev–Trinajstić information content (AvgIpc) is 2.62. The van der Waals surface area contributed by atoms with Gasteiger partial charge >= 0.3 is 0 Å². The molecule has 1 aliphatic carbocycles. The zero-order valence-corrected chi connectivity index (χ0v) is 13.7. The van der Waals surface area contributed by atoms with Gasteiger partial charge in [-0.15, -0.1) is 0 Å². The van der Waals surface area contributed by atoms with Crippen molar-refractivity contribution in [2.45, 2.75) is 25.2 Å². The fourth-order valence-electron chi connectivity index (χ4n) is 3.58. The van der Waals surface area contributed by atoms with E-state index < -0.39 is 0 Å². The van der Waals surface area contributed by atoms with Crippen molar-refractivity contribution in [1.82, 2.24) is 4.98 Å². The summed E-state index contributed by atoms with van der Waals surface area (Å²) in [7, 11) is 0. The summed E-state index contributed by atoms with van der Waals surface area (Å²) in [5.41, 5.74) is 5.75. The van der Waals surface area contributed by atoms with Crippen LogP contribution in [-0.4, -0.2) is 4.98 Å². The highest BCUT2D eigenvalue weighted by Gasteiger charge is 2.26. The summed E-state index contributed by atoms with van der Waals surface area (Å²) in [4.78, 5) is 5.01. The van der Waals surface area contributed by atoms with E-state index in [0.717, 1.165) is 46.4 Å². The first-order valence-electron chi connectivity index (χ1n) is 8.07. The predicted octanol–water partition coefficient (Wildman–Crippen LogP) is 6.00. The van der Waals surface area contributed by atoms with Crippen molar-refractivity contribution in [1.29, 1.82) is 0 Å². The van der Waals surface area contributed by atoms with E-state index in [2.05, 4.69) is 49.0 Å². The van der Waals surface area contributed by atoms with Crippen LogP contribution in [0.15, 0.2) is 55.1 Å². The minimum Gasteiger partial charge on any atom is -0.252 e. The monoisotopic (exact) mass is 319 g/mol. The summed E-state index contributed by atoms with van der Waals surface area (Å²) in [5, 5.41) is 1.92. The molecule has 2 aromatic carbocycles. The second-order valence-electron chi connectivity index (χ2n) is 6.13. The van der Waals surface area contributed by atoms with Crippen molar-refractivity contribution < 1.29 is 0 Å². The summed E-state index contributed by atoms with van der Waals surface area (Å²) in [6.45, 7) is 3.85. The minimum atomic E-state index is 0.342. The Labute approximate surface area is 141 Å². The van der Waals surface area contributed by atoms with Crippen molar-refractivity contribution in [3.8, 4) is 0 Å². The number of hydrogen-bond donors (Lipinski definition) is 0. The molecule has 1 aliphatic rings. The smallest absolute Gasteiger partial charge is 0.0726 e. The second kappa shape index (κ2) is 5.82. The quantitative estimate of drug-likeness (QED) is 0.564. The van der Waals surface area contributed by atoms with Crippen LogP contribution in [0.2, 0.25) is 5.02 Å². The molecule has 1 atom stereocenters. The molecule has 2 heteroatoms. The molecule has 1 heterocycles. The standard InChI is InChI=1S/C21H18ClN/c1-2-14-11-12-17-19(13-14)23-21-16(15-7-4-3-5-8-15)9-6-10-18(21)20(17)22/h2-5,7-8,11-13,16H,1,6,9-10H2. The van der Waals surface area contributed by atoms with Crippen LogP contribution in [0.1, 0.15) is 41.1 Å². The number of benzene rings is 2. The number of pyridine rings is 1. The van der Waals surface area contributed by atoms with Gasteiger partial charge in [-0.1, -0.05) is 66.7 Å². The normalized spacial score (nSPS) is 17.0. The Hall–Kier alpha value is -2.12. The lowest BCUT2D eigenvalue weighted by atomic mass is 9.81. The lowest BCUT2D eigenvalue weighted by Crippen LogP contribution is -2.14. The number of nitrogens with zero attached hydrogens (tertiary/aromatic N) is 1. The molecule has 0 N–H and O–H groups in total. The number of rotatable bonds is 2. The molecular weight excluding hydrogens is 302 g/mol. The van der Waals surface area contributed by atoms with Crippen LogP contribution in [0.25, 0.3) is 17.0 Å². The van der Waals surface area contributed by atoms with E-state index in [1.807, 2.05) is 12.1 Å². The number of fused-ring (bicyclic) bond motifs is 2. The van der Waals surface area contributed by atoms with Crippen molar-refractivity contribution in [2.24, 2.45) is 0 Å². The maximum atomic E-state index is 6.74. The molecule has 0 bridgehead atoms. The summed E-state index contributed by atoms with van der Waals surface area (Å²) in [6.07, 6.45) is 5.16. The average molecular weight is 320 g/mol. The fourth-order valence-corrected chi connectivity index (χ4v) is 3.93. The van der Waals surface area contributed by atoms with E-state index in [4.69, 9.17) is 16.6 Å². The van der Waals surface area contributed by atoms with E-state index in [0.29, 0.717) is 5.92 Å². The number of halogens is 1. The van der Waals surface area contributed by atoms with Gasteiger partial charge in [-0.05, 0) is 42.0 Å². The first-order chi connectivity index (χ1) is 11.3. The van der Waals surface area contributed by atoms with Crippen molar-refractivity contribution in [2.75, 3.05) is 0 Å². The van der Waals surface area contributed by atoms with Crippen molar-refractivity contribution in [3.63, 3.8) is 0 Å². The second-order valence-corrected chi connectivity index (χ2v) is 6.50. The van der Waals surface area contributed by atoms with Gasteiger partial charge < -0.3 is 0 Å². The molecule has 0 fully saturated rings. The molecule has 3 aromatic rings. The molecule has 23 heavy (non-hydrogen) atoms. The first kappa shape index (κ1) is 14.5. The van der Waals surface area contributed by atoms with Gasteiger partial charge in [-0.3, -0.25) is 4.98 Å². The zero-order chi connectivity index (χ0) is 15.8. The lowest BCUT2D eigenvalue weighted by Gasteiger charge is -2.26. The van der Waals surface area contributed by atoms with E-state index in [1.54, 1.807) is 0 Å². The maximum absolute atomic E-state index is 6.74. The highest BCUT2D eigenvalue weighted by Crippen LogP contribution is 2.41. The van der Waals surface area contributed by atoms with Gasteiger partial charge in [0.15, 0.2) is 0 Å². The lowest BCUT2D eigenvalue weighted by molar-refractivity contribution is 0.602. The molecule has 1 unspecified atom stereocenters. The van der Waals surface area contributed by atoms with Gasteiger partial charge in [-0.2, -0.15) is 0 Å². The summed E-state index contributed by atoms with van der Waals surface area (Å²) in [6, 6.07) is 16.8. The van der Waals surface area contributed by atoms with E-state index in [1.165, 1.54) is 11.1 Å². The van der Waals surface area contributed by atoms with Crippen LogP contribution in [0.5, 0.6) is 0 Å². The molecule has 4 rings (SSSR count). The molecule has 0 aliphatic heterocycles. The van der Waals surface area contributed by atoms with Crippen LogP contribution in [0, 0.1) is 0 Å². The Morgan fingerprint density at radius 2 is 1.96 bits per heavy atom. The predicted molar refractivity (Wildman–Crippen MR) is 98.1 cm³/mol. The van der Waals surface area contributed by atoms with Crippen LogP contribution in [-0.2, 0) is 6.42 Å². The minimum absolute atomic E-state index is 0.342. The number of hydrogen-bond acceptors (Lipinski definition) is 1. The van der Waals surface area contributed by atoms with Gasteiger partial charge in [0.1, 0.15) is 0 Å². The van der Waals surface area contributed by atoms with Gasteiger partial charge in [0.2, 0.25) is 0 Å². The third kappa shape index (κ3) is 2.46. The van der Waals surface area contributed by atoms with Crippen LogP contribution >= 0.6 is 11.6 Å². The van der Waals surface area contributed by atoms with Crippen molar-refractivity contribution >= 4 is 28.6 Å². The van der Waals surface area contributed by atoms with Gasteiger partial charge in [-0.25, -0.2) is 0 Å².